The molecule has 380 valence electrons. The van der Waals surface area contributed by atoms with Gasteiger partial charge in [0.05, 0.1) is 17.6 Å². The maximum Gasteiger partial charge on any atom is 0.411 e. The summed E-state index contributed by atoms with van der Waals surface area (Å²) in [4.78, 5) is 58.1. The van der Waals surface area contributed by atoms with Gasteiger partial charge in [-0.05, 0) is 110 Å². The molecule has 0 radical (unpaired) electrons. The van der Waals surface area contributed by atoms with Gasteiger partial charge in [-0.2, -0.15) is 0 Å². The van der Waals surface area contributed by atoms with Crippen LogP contribution >= 0.6 is 0 Å². The molecule has 1 fully saturated rings. The van der Waals surface area contributed by atoms with Crippen LogP contribution in [0, 0.1) is 0 Å². The summed E-state index contributed by atoms with van der Waals surface area (Å²) in [6.07, 6.45) is 2.70. The van der Waals surface area contributed by atoms with Crippen molar-refractivity contribution in [3.05, 3.63) is 160 Å². The second kappa shape index (κ2) is 23.3. The lowest BCUT2D eigenvalue weighted by Crippen LogP contribution is -2.55. The summed E-state index contributed by atoms with van der Waals surface area (Å²) in [7, 11) is -0.573. The first-order valence-electron chi connectivity index (χ1n) is 25.1. The van der Waals surface area contributed by atoms with E-state index in [4.69, 9.17) is 9.16 Å². The van der Waals surface area contributed by atoms with Crippen molar-refractivity contribution in [2.24, 2.45) is 0 Å². The molecule has 7 rings (SSSR count). The minimum Gasteiger partial charge on any atom is -0.506 e. The van der Waals surface area contributed by atoms with Crippen LogP contribution in [0.2, 0.25) is 18.1 Å². The Morgan fingerprint density at radius 3 is 2.26 bits per heavy atom. The van der Waals surface area contributed by atoms with Crippen LogP contribution < -0.4 is 26.4 Å². The van der Waals surface area contributed by atoms with Crippen LogP contribution in [0.25, 0.3) is 22.0 Å². The summed E-state index contributed by atoms with van der Waals surface area (Å²) in [6, 6.07) is 40.2. The molecule has 1 aromatic heterocycles. The number of aromatic hydroxyl groups is 1. The number of nitrogens with one attached hydrogen (secondary N) is 4. The number of carbonyl (C=O) groups excluding carboxylic acids is 3. The van der Waals surface area contributed by atoms with Gasteiger partial charge in [-0.25, -0.2) is 4.79 Å². The number of aromatic nitrogens is 1. The molecule has 14 heteroatoms. The molecule has 0 aliphatic carbocycles. The predicted octanol–water partition coefficient (Wildman–Crippen LogP) is 10.3. The second-order valence-electron chi connectivity index (χ2n) is 20.8. The van der Waals surface area contributed by atoms with Crippen molar-refractivity contribution in [1.82, 2.24) is 20.5 Å². The topological polar surface area (TPSA) is 165 Å². The molecule has 13 nitrogen and oxygen atoms in total. The van der Waals surface area contributed by atoms with E-state index in [1.54, 1.807) is 24.1 Å². The summed E-state index contributed by atoms with van der Waals surface area (Å²) in [5.74, 6) is -0.0665. The summed E-state index contributed by atoms with van der Waals surface area (Å²) in [5, 5.41) is 21.1. The highest BCUT2D eigenvalue weighted by Gasteiger charge is 2.45. The van der Waals surface area contributed by atoms with Crippen molar-refractivity contribution in [2.45, 2.75) is 109 Å². The Balaban J connectivity index is 0.835. The molecule has 5 aromatic carbocycles. The second-order valence-corrected chi connectivity index (χ2v) is 25.6. The third-order valence-electron chi connectivity index (χ3n) is 14.2. The van der Waals surface area contributed by atoms with E-state index in [0.29, 0.717) is 61.8 Å². The van der Waals surface area contributed by atoms with Gasteiger partial charge >= 0.3 is 6.09 Å². The number of rotatable bonds is 19. The van der Waals surface area contributed by atoms with Crippen LogP contribution in [-0.2, 0) is 43.7 Å². The number of likely N-dealkylation sites (tertiary alicyclic amines) is 1. The normalized spacial score (nSPS) is 14.8. The van der Waals surface area contributed by atoms with E-state index in [1.165, 1.54) is 6.07 Å². The highest BCUT2D eigenvalue weighted by atomic mass is 28.4. The zero-order chi connectivity index (χ0) is 51.6. The lowest BCUT2D eigenvalue weighted by Gasteiger charge is -2.46. The molecule has 0 bridgehead atoms. The first-order chi connectivity index (χ1) is 34.3. The van der Waals surface area contributed by atoms with Crippen molar-refractivity contribution in [3.63, 3.8) is 0 Å². The van der Waals surface area contributed by atoms with Gasteiger partial charge in [-0.1, -0.05) is 112 Å². The molecule has 0 saturated carbocycles. The van der Waals surface area contributed by atoms with Crippen molar-refractivity contribution in [3.8, 4) is 16.9 Å². The molecule has 1 aliphatic rings. The van der Waals surface area contributed by atoms with Gasteiger partial charge in [0, 0.05) is 74.0 Å². The number of phenols is 1. The quantitative estimate of drug-likeness (QED) is 0.0392. The molecule has 2 atom stereocenters. The fraction of sp³-hybridized carbons (Fsp3) is 0.379. The first kappa shape index (κ1) is 53.2. The summed E-state index contributed by atoms with van der Waals surface area (Å²) >= 11 is 0. The van der Waals surface area contributed by atoms with Crippen LogP contribution in [0.15, 0.2) is 132 Å². The average molecular weight is 993 g/mol. The van der Waals surface area contributed by atoms with E-state index in [1.807, 2.05) is 97.9 Å². The molecule has 1 saturated heterocycles. The number of para-hydroxylation sites is 1. The van der Waals surface area contributed by atoms with Crippen LogP contribution in [0.4, 0.5) is 16.2 Å². The highest BCUT2D eigenvalue weighted by molar-refractivity contribution is 6.74. The van der Waals surface area contributed by atoms with Crippen LogP contribution in [-0.4, -0.2) is 86.6 Å². The number of hydrogen-bond acceptors (Lipinski definition) is 9. The van der Waals surface area contributed by atoms with Crippen LogP contribution in [0.1, 0.15) is 76.1 Å². The Labute approximate surface area is 425 Å². The van der Waals surface area contributed by atoms with E-state index in [2.05, 4.69) is 84.8 Å². The fourth-order valence-electron chi connectivity index (χ4n) is 9.26. The predicted molar refractivity (Wildman–Crippen MR) is 291 cm³/mol. The molecule has 72 heavy (non-hydrogen) atoms. The molecule has 3 amide bonds. The maximum atomic E-state index is 13.2. The Morgan fingerprint density at radius 2 is 1.54 bits per heavy atom. The first-order valence-corrected chi connectivity index (χ1v) is 28.1. The van der Waals surface area contributed by atoms with Crippen LogP contribution in [0.3, 0.4) is 0 Å². The maximum absolute atomic E-state index is 13.2. The lowest BCUT2D eigenvalue weighted by molar-refractivity contribution is -0.120. The van der Waals surface area contributed by atoms with E-state index >= 15 is 0 Å². The van der Waals surface area contributed by atoms with Crippen molar-refractivity contribution < 1.29 is 28.7 Å². The summed E-state index contributed by atoms with van der Waals surface area (Å²) < 4.78 is 13.0. The number of amides is 3. The fourth-order valence-corrected chi connectivity index (χ4v) is 10.8. The van der Waals surface area contributed by atoms with Gasteiger partial charge in [0.1, 0.15) is 17.6 Å². The summed E-state index contributed by atoms with van der Waals surface area (Å²) in [6.45, 7) is 17.8. The molecular weight excluding hydrogens is 921 g/mol. The Hall–Kier alpha value is -6.58. The number of phenolic OH excluding ortho intramolecular Hbond substituents is 1. The smallest absolute Gasteiger partial charge is 0.411 e. The van der Waals surface area contributed by atoms with Gasteiger partial charge in [-0.15, -0.1) is 0 Å². The van der Waals surface area contributed by atoms with Gasteiger partial charge in [0.2, 0.25) is 17.4 Å². The largest absolute Gasteiger partial charge is 0.506 e. The number of fused-ring (bicyclic) bond motifs is 1. The number of nitrogens with zero attached hydrogens (tertiary/aromatic N) is 2. The van der Waals surface area contributed by atoms with Gasteiger partial charge in [-0.3, -0.25) is 25.0 Å². The Kier molecular flexibility index (Phi) is 17.2. The van der Waals surface area contributed by atoms with Crippen molar-refractivity contribution in [1.29, 1.82) is 0 Å². The van der Waals surface area contributed by atoms with Crippen molar-refractivity contribution >= 4 is 48.5 Å². The highest BCUT2D eigenvalue weighted by Crippen LogP contribution is 2.43. The lowest BCUT2D eigenvalue weighted by atomic mass is 9.96. The minimum absolute atomic E-state index is 0.00151. The number of H-pyrrole nitrogens is 1. The number of piperidine rings is 1. The van der Waals surface area contributed by atoms with E-state index in [9.17, 15) is 24.3 Å². The standard InChI is InChI=1S/C58H72N6O7Si/c1-40(62-58(5,71-72(7,8)57(2,3)4)49-26-27-51(65)55-48(49)25-28-52(66)61-55)37-43-16-14-15-41(38-43)29-33-59-53(67)39-42-21-23-45(24-22-42)63(6)54(68)32-36-64-34-30-46(31-35-64)70-56(69)60-50-20-13-12-19-47(50)44-17-10-9-11-18-44/h9-28,38,40,46,62,65H,29-37,39H2,1-8H3,(H,59,67)(H,60,69)(H,61,66)/t40-,58-/m1/s1. The molecule has 0 unspecified atom stereocenters. The SMILES string of the molecule is C[C@H](Cc1cccc(CCNC(=O)Cc2ccc(N(C)C(=O)CCN3CCC(OC(=O)Nc4ccccc4-c4ccccc4)CC3)cc2)c1)N[C@](C)(O[Si](C)(C)C(C)(C)C)c1ccc(O)c2[nH]c(=O)ccc12. The van der Waals surface area contributed by atoms with Gasteiger partial charge in [0.25, 0.3) is 0 Å². The van der Waals surface area contributed by atoms with E-state index < -0.39 is 20.1 Å². The molecular formula is C58H72N6O7Si. The third kappa shape index (κ3) is 13.9. The number of anilines is 2. The number of benzene rings is 5. The third-order valence-corrected chi connectivity index (χ3v) is 18.7. The Morgan fingerprint density at radius 1 is 0.847 bits per heavy atom. The van der Waals surface area contributed by atoms with Gasteiger partial charge in [0.15, 0.2) is 8.32 Å². The van der Waals surface area contributed by atoms with E-state index in [0.717, 1.165) is 52.2 Å². The number of ether oxygens (including phenoxy) is 1. The minimum atomic E-state index is -2.35. The zero-order valence-electron chi connectivity index (χ0n) is 43.1. The number of pyridine rings is 1. The average Bonchev–Trinajstić information content (AvgIpc) is 3.34. The Bertz CT molecular complexity index is 2880. The number of carbonyl (C=O) groups is 3. The molecule has 5 N–H and O–H groups in total. The molecule has 6 aromatic rings. The molecule has 2 heterocycles. The zero-order valence-corrected chi connectivity index (χ0v) is 44.1. The number of hydrogen-bond donors (Lipinski definition) is 5. The number of aromatic amines is 1. The van der Waals surface area contributed by atoms with Crippen LogP contribution in [0.5, 0.6) is 5.75 Å². The van der Waals surface area contributed by atoms with Gasteiger partial charge < -0.3 is 34.4 Å². The van der Waals surface area contributed by atoms with Crippen molar-refractivity contribution in [2.75, 3.05) is 43.4 Å². The molecule has 0 spiro atoms. The monoisotopic (exact) mass is 993 g/mol. The molecule has 1 aliphatic heterocycles. The van der Waals surface area contributed by atoms with E-state index in [-0.39, 0.29) is 46.7 Å². The summed E-state index contributed by atoms with van der Waals surface area (Å²) in [5.41, 5.74) is 6.51.